The summed E-state index contributed by atoms with van der Waals surface area (Å²) in [7, 11) is -0.136. The average molecular weight is 424 g/mol. The minimum atomic E-state index is -0.136. The largest absolute Gasteiger partial charge is 4.00 e. The quantitative estimate of drug-likeness (QED) is 0.463. The molecule has 0 saturated carbocycles. The first-order valence-corrected chi connectivity index (χ1v) is 7.97. The summed E-state index contributed by atoms with van der Waals surface area (Å²) in [4.78, 5) is 0. The Kier molecular flexibility index (Phi) is 10.9. The van der Waals surface area contributed by atoms with Gasteiger partial charge in [-0.1, -0.05) is 30.3 Å². The number of hydrogen-bond donors (Lipinski definition) is 0. The Morgan fingerprint density at radius 2 is 1.50 bits per heavy atom. The first-order valence-electron chi connectivity index (χ1n) is 6.42. The van der Waals surface area contributed by atoms with Crippen molar-refractivity contribution in [1.29, 1.82) is 0 Å². The van der Waals surface area contributed by atoms with Crippen molar-refractivity contribution in [2.45, 2.75) is 5.66 Å². The van der Waals surface area contributed by atoms with Gasteiger partial charge in [-0.15, -0.1) is 19.2 Å². The van der Waals surface area contributed by atoms with Gasteiger partial charge in [-0.3, -0.25) is 6.08 Å². The van der Waals surface area contributed by atoms with Gasteiger partial charge in [0, 0.05) is 0 Å². The van der Waals surface area contributed by atoms with Crippen LogP contribution in [-0.2, 0) is 26.2 Å². The minimum absolute atomic E-state index is 0. The molecular formula is C18H15Cl2PZr. The van der Waals surface area contributed by atoms with E-state index in [1.165, 1.54) is 11.1 Å². The standard InChI is InChI=1S/C13H10P.C5H5.2ClH.Zr/c1-2-6-12-11(5-1)7-8-13(12)14-9-3-4-10-14;1-2-4-5-3-1;;;/h1-7,9-10,13H;1-5H;2*1H;/q2*-1;;;+4/p-2. The van der Waals surface area contributed by atoms with Crippen LogP contribution >= 0.6 is 7.53 Å². The number of fused-ring (bicyclic) bond motifs is 1. The van der Waals surface area contributed by atoms with Gasteiger partial charge in [-0.2, -0.15) is 23.8 Å². The van der Waals surface area contributed by atoms with E-state index in [0.717, 1.165) is 0 Å². The van der Waals surface area contributed by atoms with Gasteiger partial charge in [0.1, 0.15) is 0 Å². The maximum absolute atomic E-state index is 3.47. The predicted octanol–water partition coefficient (Wildman–Crippen LogP) is -0.496. The van der Waals surface area contributed by atoms with E-state index in [1.54, 1.807) is 0 Å². The molecule has 1 aromatic heterocycles. The third kappa shape index (κ3) is 5.32. The molecule has 0 amide bonds. The molecule has 0 saturated heterocycles. The number of benzene rings is 1. The summed E-state index contributed by atoms with van der Waals surface area (Å²) in [5.74, 6) is 4.62. The molecule has 22 heavy (non-hydrogen) atoms. The summed E-state index contributed by atoms with van der Waals surface area (Å²) in [6.45, 7) is 0. The Hall–Kier alpha value is -0.447. The molecule has 3 aromatic rings. The second kappa shape index (κ2) is 11.1. The van der Waals surface area contributed by atoms with E-state index in [2.05, 4.69) is 60.1 Å². The van der Waals surface area contributed by atoms with Gasteiger partial charge in [0.05, 0.1) is 0 Å². The zero-order valence-corrected chi connectivity index (χ0v) is 16.7. The Bertz CT molecular complexity index is 628. The van der Waals surface area contributed by atoms with E-state index in [4.69, 9.17) is 0 Å². The Morgan fingerprint density at radius 3 is 2.09 bits per heavy atom. The molecule has 0 spiro atoms. The fraction of sp³-hybridized carbons (Fsp3) is 0.0556. The monoisotopic (exact) mass is 422 g/mol. The molecule has 0 N–H and O–H groups in total. The van der Waals surface area contributed by atoms with Crippen LogP contribution in [0.5, 0.6) is 0 Å². The van der Waals surface area contributed by atoms with Crippen LogP contribution in [0.1, 0.15) is 16.8 Å². The minimum Gasteiger partial charge on any atom is -1.00 e. The molecule has 1 aliphatic rings. The van der Waals surface area contributed by atoms with Gasteiger partial charge in [0.25, 0.3) is 0 Å². The third-order valence-corrected chi connectivity index (χ3v) is 5.22. The van der Waals surface area contributed by atoms with Crippen molar-refractivity contribution in [3.05, 3.63) is 95.5 Å². The third-order valence-electron chi connectivity index (χ3n) is 3.17. The summed E-state index contributed by atoms with van der Waals surface area (Å²) in [5, 5.41) is 0. The molecule has 1 heterocycles. The first kappa shape index (κ1) is 21.6. The van der Waals surface area contributed by atoms with Crippen molar-refractivity contribution in [2.75, 3.05) is 0 Å². The first-order chi connectivity index (χ1) is 9.45. The van der Waals surface area contributed by atoms with Gasteiger partial charge >= 0.3 is 26.2 Å². The van der Waals surface area contributed by atoms with Crippen molar-refractivity contribution >= 4 is 13.6 Å². The maximum Gasteiger partial charge on any atom is 4.00 e. The number of allylic oxidation sites excluding steroid dienone is 1. The molecule has 0 bridgehead atoms. The van der Waals surface area contributed by atoms with Gasteiger partial charge in [-0.25, -0.2) is 18.2 Å². The molecule has 1 aliphatic carbocycles. The van der Waals surface area contributed by atoms with Crippen molar-refractivity contribution in [3.8, 4) is 0 Å². The van der Waals surface area contributed by atoms with Crippen LogP contribution < -0.4 is 24.8 Å². The molecule has 4 rings (SSSR count). The van der Waals surface area contributed by atoms with Crippen LogP contribution in [-0.4, -0.2) is 0 Å². The molecule has 1 atom stereocenters. The summed E-state index contributed by atoms with van der Waals surface area (Å²) in [5.41, 5.74) is 3.28. The van der Waals surface area contributed by atoms with Crippen LogP contribution in [0.15, 0.2) is 78.3 Å². The van der Waals surface area contributed by atoms with E-state index < -0.39 is 0 Å². The van der Waals surface area contributed by atoms with Crippen LogP contribution in [0.2, 0.25) is 0 Å². The van der Waals surface area contributed by atoms with E-state index in [1.807, 2.05) is 30.3 Å². The van der Waals surface area contributed by atoms with E-state index >= 15 is 0 Å². The van der Waals surface area contributed by atoms with Gasteiger partial charge in [0.2, 0.25) is 0 Å². The van der Waals surface area contributed by atoms with Gasteiger partial charge < -0.3 is 24.8 Å². The molecule has 0 fully saturated rings. The molecule has 2 aromatic carbocycles. The molecule has 110 valence electrons. The second-order valence-electron chi connectivity index (χ2n) is 4.43. The normalized spacial score (nSPS) is 13.5. The van der Waals surface area contributed by atoms with Crippen molar-refractivity contribution in [1.82, 2.24) is 0 Å². The molecule has 0 radical (unpaired) electrons. The van der Waals surface area contributed by atoms with Gasteiger partial charge in [-0.05, 0) is 17.3 Å². The molecule has 0 nitrogen and oxygen atoms in total. The number of halogens is 2. The van der Waals surface area contributed by atoms with Crippen molar-refractivity contribution in [3.63, 3.8) is 0 Å². The topological polar surface area (TPSA) is 0 Å². The number of rotatable bonds is 1. The second-order valence-corrected chi connectivity index (χ2v) is 6.44. The summed E-state index contributed by atoms with van der Waals surface area (Å²) in [6.07, 6.45) is 5.59. The fourth-order valence-corrected chi connectivity index (χ4v) is 4.08. The average Bonchev–Trinajstić information content (AvgIpc) is 3.21. The Labute approximate surface area is 165 Å². The van der Waals surface area contributed by atoms with Crippen molar-refractivity contribution < 1.29 is 51.0 Å². The molecule has 0 aliphatic heterocycles. The maximum atomic E-state index is 3.47. The van der Waals surface area contributed by atoms with Crippen LogP contribution in [0.25, 0.3) is 6.08 Å². The van der Waals surface area contributed by atoms with Crippen molar-refractivity contribution in [2.24, 2.45) is 0 Å². The zero-order chi connectivity index (χ0) is 12.9. The summed E-state index contributed by atoms with van der Waals surface area (Å²) < 4.78 is 0. The van der Waals surface area contributed by atoms with E-state index in [-0.39, 0.29) is 58.6 Å². The molecule has 1 unspecified atom stereocenters. The van der Waals surface area contributed by atoms with Crippen LogP contribution in [0.4, 0.5) is 0 Å². The predicted molar refractivity (Wildman–Crippen MR) is 83.5 cm³/mol. The van der Waals surface area contributed by atoms with Crippen LogP contribution in [0, 0.1) is 6.08 Å². The van der Waals surface area contributed by atoms with Gasteiger partial charge in [0.15, 0.2) is 0 Å². The summed E-state index contributed by atoms with van der Waals surface area (Å²) >= 11 is 0. The Morgan fingerprint density at radius 1 is 0.864 bits per heavy atom. The fourth-order valence-electron chi connectivity index (χ4n) is 2.24. The van der Waals surface area contributed by atoms with Crippen LogP contribution in [0.3, 0.4) is 0 Å². The SMILES string of the molecule is [C-]1=Cc2ccccc2C1p1cccc1.[Cl-].[Cl-].[Zr+4].c1cc[cH-]c1. The van der Waals surface area contributed by atoms with E-state index in [0.29, 0.717) is 5.66 Å². The van der Waals surface area contributed by atoms with E-state index in [9.17, 15) is 0 Å². The number of hydrogen-bond acceptors (Lipinski definition) is 0. The molecule has 4 heteroatoms. The Balaban J connectivity index is 0.000000482. The summed E-state index contributed by atoms with van der Waals surface area (Å²) in [6, 6.07) is 22.9. The zero-order valence-electron chi connectivity index (χ0n) is 11.9. The smallest absolute Gasteiger partial charge is 1.00 e. The molecular weight excluding hydrogens is 409 g/mol.